The van der Waals surface area contributed by atoms with Gasteiger partial charge in [0.15, 0.2) is 0 Å². The third-order valence-corrected chi connectivity index (χ3v) is 0.898. The number of carboxylic acids is 1. The predicted octanol–water partition coefficient (Wildman–Crippen LogP) is 0.883. The lowest BCUT2D eigenvalue weighted by Crippen LogP contribution is -2.00. The van der Waals surface area contributed by atoms with Crippen LogP contribution in [-0.4, -0.2) is 29.6 Å². The van der Waals surface area contributed by atoms with Crippen molar-refractivity contribution in [3.8, 4) is 0 Å². The summed E-state index contributed by atoms with van der Waals surface area (Å²) in [6, 6.07) is 0. The van der Waals surface area contributed by atoms with E-state index in [1.807, 2.05) is 0 Å². The van der Waals surface area contributed by atoms with E-state index in [-0.39, 0.29) is 12.6 Å². The summed E-state index contributed by atoms with van der Waals surface area (Å²) in [5.41, 5.74) is 0. The number of carbonyl (C=O) groups excluding carboxylic acids is 2. The first-order chi connectivity index (χ1) is 7.43. The summed E-state index contributed by atoms with van der Waals surface area (Å²) < 4.78 is 8.57. The molecule has 0 saturated carbocycles. The molecule has 0 aromatic heterocycles. The van der Waals surface area contributed by atoms with Crippen molar-refractivity contribution >= 4 is 17.9 Å². The van der Waals surface area contributed by atoms with Gasteiger partial charge in [0, 0.05) is 19.1 Å². The Kier molecular flexibility index (Phi) is 11.2. The van der Waals surface area contributed by atoms with Gasteiger partial charge in [-0.1, -0.05) is 6.58 Å². The molecule has 90 valence electrons. The van der Waals surface area contributed by atoms with Crippen molar-refractivity contribution in [1.29, 1.82) is 0 Å². The van der Waals surface area contributed by atoms with Crippen molar-refractivity contribution in [2.45, 2.75) is 13.8 Å². The van der Waals surface area contributed by atoms with Crippen molar-refractivity contribution in [3.05, 3.63) is 25.0 Å². The first kappa shape index (κ1) is 16.3. The van der Waals surface area contributed by atoms with Crippen LogP contribution in [0.5, 0.6) is 0 Å². The van der Waals surface area contributed by atoms with Crippen molar-refractivity contribution in [2.75, 3.05) is 6.61 Å². The highest BCUT2D eigenvalue weighted by Gasteiger charge is 1.94. The van der Waals surface area contributed by atoms with Gasteiger partial charge in [0.2, 0.25) is 0 Å². The first-order valence-corrected chi connectivity index (χ1v) is 4.29. The normalized spacial score (nSPS) is 8.62. The molecule has 0 aliphatic carbocycles. The second kappa shape index (κ2) is 11.0. The molecule has 0 aliphatic heterocycles. The molecule has 6 heteroatoms. The average Bonchev–Trinajstić information content (AvgIpc) is 2.16. The smallest absolute Gasteiger partial charge is 0.330 e. The number of hydrogen-bond donors (Lipinski definition) is 1. The monoisotopic (exact) mass is 230 g/mol. The summed E-state index contributed by atoms with van der Waals surface area (Å²) >= 11 is 0. The number of rotatable bonds is 4. The Bertz CT molecular complexity index is 279. The van der Waals surface area contributed by atoms with Gasteiger partial charge in [-0.25, -0.2) is 9.59 Å². The fraction of sp³-hybridized carbons (Fsp3) is 0.300. The van der Waals surface area contributed by atoms with Crippen molar-refractivity contribution < 1.29 is 29.0 Å². The van der Waals surface area contributed by atoms with Crippen molar-refractivity contribution in [2.24, 2.45) is 0 Å². The van der Waals surface area contributed by atoms with E-state index in [9.17, 15) is 14.4 Å². The van der Waals surface area contributed by atoms with Crippen LogP contribution < -0.4 is 0 Å². The zero-order chi connectivity index (χ0) is 13.0. The third-order valence-electron chi connectivity index (χ3n) is 0.898. The van der Waals surface area contributed by atoms with Crippen molar-refractivity contribution in [1.82, 2.24) is 0 Å². The Hall–Kier alpha value is -2.11. The molecule has 0 aliphatic rings. The minimum absolute atomic E-state index is 0.253. The van der Waals surface area contributed by atoms with E-state index in [0.29, 0.717) is 0 Å². The summed E-state index contributed by atoms with van der Waals surface area (Å²) in [5.74, 6) is -2.12. The van der Waals surface area contributed by atoms with Gasteiger partial charge in [0.1, 0.15) is 0 Å². The molecule has 0 unspecified atom stereocenters. The highest BCUT2D eigenvalue weighted by molar-refractivity contribution is 5.90. The Morgan fingerprint density at radius 2 is 1.88 bits per heavy atom. The maximum absolute atomic E-state index is 10.4. The lowest BCUT2D eigenvalue weighted by Gasteiger charge is -1.92. The summed E-state index contributed by atoms with van der Waals surface area (Å²) in [6.07, 6.45) is 2.70. The van der Waals surface area contributed by atoms with E-state index in [1.54, 1.807) is 6.92 Å². The fourth-order valence-corrected chi connectivity index (χ4v) is 0.447. The summed E-state index contributed by atoms with van der Waals surface area (Å²) in [5, 5.41) is 8.04. The Labute approximate surface area is 93.2 Å². The SMILES string of the molecule is C=COC(C)=O.CCOC(=O)C=CC(=O)O. The molecule has 0 bridgehead atoms. The second-order valence-electron chi connectivity index (χ2n) is 2.20. The van der Waals surface area contributed by atoms with Crippen LogP contribution >= 0.6 is 0 Å². The molecule has 0 atom stereocenters. The molecule has 0 heterocycles. The second-order valence-corrected chi connectivity index (χ2v) is 2.20. The predicted molar refractivity (Wildman–Crippen MR) is 55.4 cm³/mol. The lowest BCUT2D eigenvalue weighted by atomic mass is 10.5. The van der Waals surface area contributed by atoms with E-state index in [0.717, 1.165) is 18.4 Å². The highest BCUT2D eigenvalue weighted by atomic mass is 16.5. The maximum atomic E-state index is 10.4. The largest absolute Gasteiger partial charge is 0.478 e. The van der Waals surface area contributed by atoms with Gasteiger partial charge >= 0.3 is 17.9 Å². The van der Waals surface area contributed by atoms with Crippen LogP contribution in [0.15, 0.2) is 25.0 Å². The molecule has 0 radical (unpaired) electrons. The van der Waals surface area contributed by atoms with Gasteiger partial charge in [0.25, 0.3) is 0 Å². The van der Waals surface area contributed by atoms with Gasteiger partial charge in [-0.15, -0.1) is 0 Å². The number of esters is 2. The summed E-state index contributed by atoms with van der Waals surface area (Å²) in [7, 11) is 0. The van der Waals surface area contributed by atoms with Gasteiger partial charge in [0.05, 0.1) is 12.9 Å². The molecule has 0 spiro atoms. The number of carboxylic acid groups (broad SMARTS) is 1. The number of ether oxygens (including phenoxy) is 2. The van der Waals surface area contributed by atoms with E-state index >= 15 is 0 Å². The van der Waals surface area contributed by atoms with Crippen LogP contribution in [0.3, 0.4) is 0 Å². The molecule has 0 amide bonds. The van der Waals surface area contributed by atoms with Crippen LogP contribution in [-0.2, 0) is 23.9 Å². The highest BCUT2D eigenvalue weighted by Crippen LogP contribution is 1.80. The molecular weight excluding hydrogens is 216 g/mol. The molecule has 16 heavy (non-hydrogen) atoms. The number of aliphatic carboxylic acids is 1. The molecule has 1 N–H and O–H groups in total. The zero-order valence-electron chi connectivity index (χ0n) is 9.13. The third kappa shape index (κ3) is 17.8. The molecule has 0 aromatic carbocycles. The van der Waals surface area contributed by atoms with E-state index in [4.69, 9.17) is 5.11 Å². The standard InChI is InChI=1S/C6H8O4.C4H6O2/c1-2-10-6(9)4-3-5(7)8;1-3-6-4(2)5/h3-4H,2H2,1H3,(H,7,8);3H,1H2,2H3. The Balaban J connectivity index is 0. The van der Waals surface area contributed by atoms with Gasteiger partial charge in [-0.2, -0.15) is 0 Å². The Morgan fingerprint density at radius 3 is 2.12 bits per heavy atom. The summed E-state index contributed by atoms with van der Waals surface area (Å²) in [6.45, 7) is 6.38. The molecule has 0 saturated heterocycles. The van der Waals surface area contributed by atoms with Crippen LogP contribution in [0.2, 0.25) is 0 Å². The molecular formula is C10H14O6. The maximum Gasteiger partial charge on any atom is 0.330 e. The minimum atomic E-state index is -1.16. The Morgan fingerprint density at radius 1 is 1.31 bits per heavy atom. The van der Waals surface area contributed by atoms with E-state index in [2.05, 4.69) is 16.1 Å². The van der Waals surface area contributed by atoms with Gasteiger partial charge in [-0.3, -0.25) is 4.79 Å². The number of carbonyl (C=O) groups is 3. The zero-order valence-corrected chi connectivity index (χ0v) is 9.13. The molecule has 0 fully saturated rings. The minimum Gasteiger partial charge on any atom is -0.478 e. The molecule has 0 rings (SSSR count). The van der Waals surface area contributed by atoms with Crippen LogP contribution in [0.25, 0.3) is 0 Å². The van der Waals surface area contributed by atoms with E-state index in [1.165, 1.54) is 6.92 Å². The lowest BCUT2D eigenvalue weighted by molar-refractivity contribution is -0.138. The van der Waals surface area contributed by atoms with E-state index < -0.39 is 11.9 Å². The molecule has 6 nitrogen and oxygen atoms in total. The van der Waals surface area contributed by atoms with Crippen LogP contribution in [0.1, 0.15) is 13.8 Å². The number of hydrogen-bond acceptors (Lipinski definition) is 5. The quantitative estimate of drug-likeness (QED) is 0.438. The fourth-order valence-electron chi connectivity index (χ4n) is 0.447. The van der Waals surface area contributed by atoms with Crippen LogP contribution in [0, 0.1) is 0 Å². The first-order valence-electron chi connectivity index (χ1n) is 4.29. The average molecular weight is 230 g/mol. The summed E-state index contributed by atoms with van der Waals surface area (Å²) in [4.78, 5) is 29.9. The topological polar surface area (TPSA) is 89.9 Å². The van der Waals surface area contributed by atoms with Gasteiger partial charge < -0.3 is 14.6 Å². The van der Waals surface area contributed by atoms with Crippen molar-refractivity contribution in [3.63, 3.8) is 0 Å². The molecule has 0 aromatic rings. The van der Waals surface area contributed by atoms with Crippen LogP contribution in [0.4, 0.5) is 0 Å². The van der Waals surface area contributed by atoms with Gasteiger partial charge in [-0.05, 0) is 6.92 Å².